The first kappa shape index (κ1) is 15.4. The standard InChI is InChI=1S/C18H19NOS/c1-13-9-11-17(12-10-13)21-18(15(3)20)14(2)19-16-7-5-4-6-8-16/h4-12,19H,1-3H3/b18-14+. The molecule has 0 heterocycles. The maximum absolute atomic E-state index is 11.9. The lowest BCUT2D eigenvalue weighted by Gasteiger charge is -2.12. The molecule has 0 spiro atoms. The molecule has 0 aromatic heterocycles. The van der Waals surface area contributed by atoms with E-state index in [1.54, 1.807) is 6.92 Å². The van der Waals surface area contributed by atoms with Crippen molar-refractivity contribution in [3.63, 3.8) is 0 Å². The van der Waals surface area contributed by atoms with Crippen molar-refractivity contribution in [3.8, 4) is 0 Å². The fourth-order valence-electron chi connectivity index (χ4n) is 1.93. The molecule has 0 aliphatic rings. The Balaban J connectivity index is 2.22. The predicted molar refractivity (Wildman–Crippen MR) is 90.5 cm³/mol. The fraction of sp³-hybridized carbons (Fsp3) is 0.167. The molecule has 2 aromatic rings. The molecule has 3 heteroatoms. The second kappa shape index (κ2) is 7.14. The Labute approximate surface area is 130 Å². The minimum atomic E-state index is 0.0708. The van der Waals surface area contributed by atoms with E-state index in [-0.39, 0.29) is 5.78 Å². The zero-order chi connectivity index (χ0) is 15.2. The monoisotopic (exact) mass is 297 g/mol. The van der Waals surface area contributed by atoms with E-state index in [1.165, 1.54) is 17.3 Å². The number of Topliss-reactive ketones (excluding diaryl/α,β-unsaturated/α-hetero) is 1. The molecule has 0 unspecified atom stereocenters. The molecule has 2 nitrogen and oxygen atoms in total. The predicted octanol–water partition coefficient (Wildman–Crippen LogP) is 5.02. The number of hydrogen-bond donors (Lipinski definition) is 1. The van der Waals surface area contributed by atoms with Crippen LogP contribution in [0, 0.1) is 6.92 Å². The lowest BCUT2D eigenvalue weighted by atomic mass is 10.2. The van der Waals surface area contributed by atoms with Gasteiger partial charge in [0.25, 0.3) is 0 Å². The molecular weight excluding hydrogens is 278 g/mol. The third kappa shape index (κ3) is 4.50. The lowest BCUT2D eigenvalue weighted by Crippen LogP contribution is -2.04. The molecule has 0 atom stereocenters. The summed E-state index contributed by atoms with van der Waals surface area (Å²) in [6.07, 6.45) is 0. The van der Waals surface area contributed by atoms with Gasteiger partial charge in [-0.15, -0.1) is 0 Å². The van der Waals surface area contributed by atoms with Crippen LogP contribution in [0.5, 0.6) is 0 Å². The molecular formula is C18H19NOS. The van der Waals surface area contributed by atoms with Crippen LogP contribution in [0.1, 0.15) is 19.4 Å². The molecule has 108 valence electrons. The largest absolute Gasteiger partial charge is 0.358 e. The van der Waals surface area contributed by atoms with E-state index < -0.39 is 0 Å². The number of rotatable bonds is 5. The van der Waals surface area contributed by atoms with Crippen LogP contribution in [0.3, 0.4) is 0 Å². The lowest BCUT2D eigenvalue weighted by molar-refractivity contribution is -0.113. The fourth-order valence-corrected chi connectivity index (χ4v) is 2.79. The first-order chi connectivity index (χ1) is 10.1. The van der Waals surface area contributed by atoms with Crippen LogP contribution < -0.4 is 5.32 Å². The number of benzene rings is 2. The summed E-state index contributed by atoms with van der Waals surface area (Å²) in [4.78, 5) is 13.7. The van der Waals surface area contributed by atoms with Crippen molar-refractivity contribution in [2.75, 3.05) is 5.32 Å². The topological polar surface area (TPSA) is 29.1 Å². The van der Waals surface area contributed by atoms with Gasteiger partial charge in [-0.2, -0.15) is 0 Å². The Morgan fingerprint density at radius 1 is 0.952 bits per heavy atom. The van der Waals surface area contributed by atoms with Crippen LogP contribution in [-0.2, 0) is 4.79 Å². The minimum Gasteiger partial charge on any atom is -0.358 e. The van der Waals surface area contributed by atoms with Crippen LogP contribution in [0.25, 0.3) is 0 Å². The molecule has 1 N–H and O–H groups in total. The number of carbonyl (C=O) groups is 1. The highest BCUT2D eigenvalue weighted by Crippen LogP contribution is 2.30. The maximum Gasteiger partial charge on any atom is 0.168 e. The van der Waals surface area contributed by atoms with Crippen molar-refractivity contribution in [2.24, 2.45) is 0 Å². The number of nitrogens with one attached hydrogen (secondary N) is 1. The van der Waals surface area contributed by atoms with Crippen molar-refractivity contribution in [1.29, 1.82) is 0 Å². The Bertz CT molecular complexity index is 645. The highest BCUT2D eigenvalue weighted by Gasteiger charge is 2.11. The second-order valence-electron chi connectivity index (χ2n) is 4.92. The highest BCUT2D eigenvalue weighted by molar-refractivity contribution is 8.04. The number of carbonyl (C=O) groups excluding carboxylic acids is 1. The maximum atomic E-state index is 11.9. The second-order valence-corrected chi connectivity index (χ2v) is 6.00. The Kier molecular flexibility index (Phi) is 5.23. The van der Waals surface area contributed by atoms with Gasteiger partial charge in [0.2, 0.25) is 0 Å². The van der Waals surface area contributed by atoms with E-state index >= 15 is 0 Å². The van der Waals surface area contributed by atoms with E-state index in [0.29, 0.717) is 0 Å². The van der Waals surface area contributed by atoms with Crippen molar-refractivity contribution < 1.29 is 4.79 Å². The first-order valence-corrected chi connectivity index (χ1v) is 7.66. The van der Waals surface area contributed by atoms with Gasteiger partial charge in [-0.05, 0) is 45.0 Å². The summed E-state index contributed by atoms with van der Waals surface area (Å²) >= 11 is 1.50. The average molecular weight is 297 g/mol. The van der Waals surface area contributed by atoms with Gasteiger partial charge in [-0.1, -0.05) is 47.7 Å². The van der Waals surface area contributed by atoms with E-state index in [0.717, 1.165) is 21.2 Å². The smallest absolute Gasteiger partial charge is 0.168 e. The summed E-state index contributed by atoms with van der Waals surface area (Å²) in [6, 6.07) is 18.1. The van der Waals surface area contributed by atoms with Gasteiger partial charge >= 0.3 is 0 Å². The van der Waals surface area contributed by atoms with Crippen LogP contribution >= 0.6 is 11.8 Å². The Hall–Kier alpha value is -2.00. The molecule has 0 saturated carbocycles. The third-order valence-corrected chi connectivity index (χ3v) is 4.31. The SMILES string of the molecule is CC(=O)/C(Sc1ccc(C)cc1)=C(/C)Nc1ccccc1. The van der Waals surface area contributed by atoms with Gasteiger partial charge in [-0.25, -0.2) is 0 Å². The van der Waals surface area contributed by atoms with Crippen molar-refractivity contribution >= 4 is 23.2 Å². The van der Waals surface area contributed by atoms with Crippen molar-refractivity contribution in [1.82, 2.24) is 0 Å². The summed E-state index contributed by atoms with van der Waals surface area (Å²) in [6.45, 7) is 5.59. The molecule has 0 radical (unpaired) electrons. The summed E-state index contributed by atoms with van der Waals surface area (Å²) in [5.74, 6) is 0.0708. The highest BCUT2D eigenvalue weighted by atomic mass is 32.2. The number of anilines is 1. The van der Waals surface area contributed by atoms with Gasteiger partial charge in [0.05, 0.1) is 4.91 Å². The zero-order valence-corrected chi connectivity index (χ0v) is 13.3. The average Bonchev–Trinajstić information content (AvgIpc) is 2.47. The molecule has 0 bridgehead atoms. The van der Waals surface area contributed by atoms with Gasteiger partial charge in [-0.3, -0.25) is 4.79 Å². The minimum absolute atomic E-state index is 0.0708. The summed E-state index contributed by atoms with van der Waals surface area (Å²) in [5, 5.41) is 3.29. The molecule has 0 aliphatic heterocycles. The number of hydrogen-bond acceptors (Lipinski definition) is 3. The van der Waals surface area contributed by atoms with Gasteiger partial charge in [0, 0.05) is 16.3 Å². The van der Waals surface area contributed by atoms with E-state index in [4.69, 9.17) is 0 Å². The molecule has 2 rings (SSSR count). The summed E-state index contributed by atoms with van der Waals surface area (Å²) in [5.41, 5.74) is 3.07. The van der Waals surface area contributed by atoms with Crippen LogP contribution in [0.4, 0.5) is 5.69 Å². The Morgan fingerprint density at radius 2 is 1.57 bits per heavy atom. The first-order valence-electron chi connectivity index (χ1n) is 6.84. The van der Waals surface area contributed by atoms with Crippen LogP contribution in [0.2, 0.25) is 0 Å². The number of thioether (sulfide) groups is 1. The quantitative estimate of drug-likeness (QED) is 0.620. The van der Waals surface area contributed by atoms with Gasteiger partial charge in [0.15, 0.2) is 5.78 Å². The normalized spacial score (nSPS) is 11.8. The van der Waals surface area contributed by atoms with Crippen LogP contribution in [0.15, 0.2) is 70.1 Å². The molecule has 0 amide bonds. The van der Waals surface area contributed by atoms with Gasteiger partial charge in [0.1, 0.15) is 0 Å². The van der Waals surface area contributed by atoms with Gasteiger partial charge < -0.3 is 5.32 Å². The van der Waals surface area contributed by atoms with E-state index in [2.05, 4.69) is 24.4 Å². The zero-order valence-electron chi connectivity index (χ0n) is 12.5. The number of aryl methyl sites for hydroxylation is 1. The van der Waals surface area contributed by atoms with Crippen molar-refractivity contribution in [2.45, 2.75) is 25.7 Å². The number of para-hydroxylation sites is 1. The van der Waals surface area contributed by atoms with E-state index in [1.807, 2.05) is 49.4 Å². The Morgan fingerprint density at radius 3 is 2.14 bits per heavy atom. The number of ketones is 1. The third-order valence-electron chi connectivity index (χ3n) is 3.01. The van der Waals surface area contributed by atoms with Crippen LogP contribution in [-0.4, -0.2) is 5.78 Å². The van der Waals surface area contributed by atoms with E-state index in [9.17, 15) is 4.79 Å². The molecule has 0 aliphatic carbocycles. The molecule has 21 heavy (non-hydrogen) atoms. The number of allylic oxidation sites excluding steroid dienone is 2. The summed E-state index contributed by atoms with van der Waals surface area (Å²) < 4.78 is 0. The molecule has 0 fully saturated rings. The molecule has 2 aromatic carbocycles. The summed E-state index contributed by atoms with van der Waals surface area (Å²) in [7, 11) is 0. The molecule has 0 saturated heterocycles. The van der Waals surface area contributed by atoms with Crippen molar-refractivity contribution in [3.05, 3.63) is 70.8 Å².